The van der Waals surface area contributed by atoms with Crippen LogP contribution in [-0.4, -0.2) is 17.9 Å². The van der Waals surface area contributed by atoms with Crippen LogP contribution in [0.2, 0.25) is 0 Å². The second kappa shape index (κ2) is 4.83. The van der Waals surface area contributed by atoms with Crippen molar-refractivity contribution < 1.29 is 9.18 Å². The average molecular weight is 245 g/mol. The highest BCUT2D eigenvalue weighted by Gasteiger charge is 2.15. The van der Waals surface area contributed by atoms with Crippen LogP contribution in [0.5, 0.6) is 0 Å². The molecule has 2 aromatic rings. The monoisotopic (exact) mass is 245 g/mol. The van der Waals surface area contributed by atoms with Crippen molar-refractivity contribution in [2.24, 2.45) is 0 Å². The molecule has 1 aromatic carbocycles. The number of aromatic nitrogens is 1. The minimum atomic E-state index is -0.602. The van der Waals surface area contributed by atoms with E-state index in [2.05, 4.69) is 4.98 Å². The minimum Gasteiger partial charge on any atom is -0.396 e. The summed E-state index contributed by atoms with van der Waals surface area (Å²) < 4.78 is 13.3. The van der Waals surface area contributed by atoms with Crippen LogP contribution in [-0.2, 0) is 0 Å². The van der Waals surface area contributed by atoms with Crippen LogP contribution in [0.25, 0.3) is 0 Å². The molecule has 1 aromatic heterocycles. The molecule has 0 fully saturated rings. The van der Waals surface area contributed by atoms with E-state index >= 15 is 0 Å². The number of nitrogen functional groups attached to an aromatic ring is 1. The molecule has 92 valence electrons. The lowest BCUT2D eigenvalue weighted by Gasteiger charge is -2.16. The zero-order valence-electron chi connectivity index (χ0n) is 9.80. The standard InChI is InChI=1S/C13H12FN3O/c1-17(12-4-2-3-7-16-12)13(18)9-5-6-11(15)10(14)8-9/h2-8H,15H2,1H3. The summed E-state index contributed by atoms with van der Waals surface area (Å²) in [5.74, 6) is -0.442. The molecule has 5 heteroatoms. The fourth-order valence-corrected chi connectivity index (χ4v) is 1.51. The van der Waals surface area contributed by atoms with Gasteiger partial charge >= 0.3 is 0 Å². The number of carbonyl (C=O) groups is 1. The van der Waals surface area contributed by atoms with Crippen molar-refractivity contribution in [2.75, 3.05) is 17.7 Å². The molecule has 4 nitrogen and oxygen atoms in total. The van der Waals surface area contributed by atoms with E-state index in [4.69, 9.17) is 5.73 Å². The molecule has 0 bridgehead atoms. The van der Waals surface area contributed by atoms with Crippen molar-refractivity contribution in [3.05, 3.63) is 54.0 Å². The quantitative estimate of drug-likeness (QED) is 0.824. The number of hydrogen-bond donors (Lipinski definition) is 1. The Kier molecular flexibility index (Phi) is 3.23. The number of hydrogen-bond acceptors (Lipinski definition) is 3. The molecule has 2 rings (SSSR count). The maximum absolute atomic E-state index is 13.3. The fraction of sp³-hybridized carbons (Fsp3) is 0.0769. The van der Waals surface area contributed by atoms with Crippen molar-refractivity contribution in [2.45, 2.75) is 0 Å². The molecule has 0 unspecified atom stereocenters. The molecule has 0 aliphatic carbocycles. The zero-order valence-corrected chi connectivity index (χ0v) is 9.80. The molecule has 1 heterocycles. The Bertz CT molecular complexity index is 572. The number of benzene rings is 1. The number of nitrogens with two attached hydrogens (primary N) is 1. The van der Waals surface area contributed by atoms with E-state index in [1.54, 1.807) is 31.4 Å². The molecule has 1 amide bonds. The van der Waals surface area contributed by atoms with Gasteiger partial charge in [-0.25, -0.2) is 9.37 Å². The second-order valence-corrected chi connectivity index (χ2v) is 3.79. The Balaban J connectivity index is 2.29. The Hall–Kier alpha value is -2.43. The van der Waals surface area contributed by atoms with Crippen LogP contribution in [0, 0.1) is 5.82 Å². The van der Waals surface area contributed by atoms with E-state index < -0.39 is 5.82 Å². The summed E-state index contributed by atoms with van der Waals surface area (Å²) in [5.41, 5.74) is 5.62. The summed E-state index contributed by atoms with van der Waals surface area (Å²) in [5, 5.41) is 0. The van der Waals surface area contributed by atoms with Crippen LogP contribution in [0.15, 0.2) is 42.6 Å². The van der Waals surface area contributed by atoms with Gasteiger partial charge in [-0.05, 0) is 30.3 Å². The molecule has 0 aliphatic heterocycles. The second-order valence-electron chi connectivity index (χ2n) is 3.79. The summed E-state index contributed by atoms with van der Waals surface area (Å²) >= 11 is 0. The van der Waals surface area contributed by atoms with Gasteiger partial charge in [-0.15, -0.1) is 0 Å². The summed E-state index contributed by atoms with van der Waals surface area (Å²) in [6.45, 7) is 0. The van der Waals surface area contributed by atoms with E-state index in [0.29, 0.717) is 5.82 Å². The molecule has 2 N–H and O–H groups in total. The molecule has 18 heavy (non-hydrogen) atoms. The number of halogens is 1. The maximum Gasteiger partial charge on any atom is 0.259 e. The average Bonchev–Trinajstić information content (AvgIpc) is 2.41. The zero-order chi connectivity index (χ0) is 13.1. The number of carbonyl (C=O) groups excluding carboxylic acids is 1. The first-order chi connectivity index (χ1) is 8.59. The highest BCUT2D eigenvalue weighted by molar-refractivity contribution is 6.05. The number of amides is 1. The molecule has 0 saturated carbocycles. The number of rotatable bonds is 2. The SMILES string of the molecule is CN(C(=O)c1ccc(N)c(F)c1)c1ccccn1. The first-order valence-corrected chi connectivity index (χ1v) is 5.33. The molecular formula is C13H12FN3O. The van der Waals surface area contributed by atoms with Gasteiger partial charge in [0.05, 0.1) is 5.69 Å². The Morgan fingerprint density at radius 1 is 1.33 bits per heavy atom. The van der Waals surface area contributed by atoms with E-state index in [-0.39, 0.29) is 17.2 Å². The van der Waals surface area contributed by atoms with Crippen molar-refractivity contribution in [1.29, 1.82) is 0 Å². The third-order valence-corrected chi connectivity index (χ3v) is 2.54. The molecule has 0 radical (unpaired) electrons. The van der Waals surface area contributed by atoms with Gasteiger partial charge in [-0.3, -0.25) is 9.69 Å². The maximum atomic E-state index is 13.3. The van der Waals surface area contributed by atoms with Gasteiger partial charge in [0.1, 0.15) is 11.6 Å². The summed E-state index contributed by atoms with van der Waals surface area (Å²) in [6.07, 6.45) is 1.59. The topological polar surface area (TPSA) is 59.2 Å². The summed E-state index contributed by atoms with van der Waals surface area (Å²) in [6, 6.07) is 9.21. The highest BCUT2D eigenvalue weighted by Crippen LogP contribution is 2.16. The molecule has 0 spiro atoms. The van der Waals surface area contributed by atoms with E-state index in [1.807, 2.05) is 0 Å². The summed E-state index contributed by atoms with van der Waals surface area (Å²) in [7, 11) is 1.58. The first kappa shape index (κ1) is 12.0. The van der Waals surface area contributed by atoms with Crippen molar-refractivity contribution in [3.8, 4) is 0 Å². The van der Waals surface area contributed by atoms with Gasteiger partial charge in [0.15, 0.2) is 0 Å². The van der Waals surface area contributed by atoms with Gasteiger partial charge in [0.25, 0.3) is 5.91 Å². The third-order valence-electron chi connectivity index (χ3n) is 2.54. The van der Waals surface area contributed by atoms with Crippen LogP contribution in [0.1, 0.15) is 10.4 Å². The smallest absolute Gasteiger partial charge is 0.259 e. The third kappa shape index (κ3) is 2.29. The largest absolute Gasteiger partial charge is 0.396 e. The van der Waals surface area contributed by atoms with Gasteiger partial charge < -0.3 is 5.73 Å². The number of nitrogens with zero attached hydrogens (tertiary/aromatic N) is 2. The van der Waals surface area contributed by atoms with Crippen LogP contribution in [0.4, 0.5) is 15.9 Å². The Morgan fingerprint density at radius 2 is 2.11 bits per heavy atom. The van der Waals surface area contributed by atoms with Crippen molar-refractivity contribution in [3.63, 3.8) is 0 Å². The lowest BCUT2D eigenvalue weighted by Crippen LogP contribution is -2.27. The molecule has 0 aliphatic rings. The summed E-state index contributed by atoms with van der Waals surface area (Å²) in [4.78, 5) is 17.5. The van der Waals surface area contributed by atoms with Gasteiger partial charge in [0.2, 0.25) is 0 Å². The first-order valence-electron chi connectivity index (χ1n) is 5.33. The van der Waals surface area contributed by atoms with Crippen LogP contribution < -0.4 is 10.6 Å². The molecule has 0 atom stereocenters. The minimum absolute atomic E-state index is 0.0204. The van der Waals surface area contributed by atoms with Crippen molar-refractivity contribution >= 4 is 17.4 Å². The molecule has 0 saturated heterocycles. The Labute approximate surface area is 104 Å². The van der Waals surface area contributed by atoms with E-state index in [0.717, 1.165) is 6.07 Å². The highest BCUT2D eigenvalue weighted by atomic mass is 19.1. The predicted molar refractivity (Wildman–Crippen MR) is 67.8 cm³/mol. The van der Waals surface area contributed by atoms with Crippen LogP contribution in [0.3, 0.4) is 0 Å². The predicted octanol–water partition coefficient (Wildman–Crippen LogP) is 2.08. The number of anilines is 2. The fourth-order valence-electron chi connectivity index (χ4n) is 1.51. The lowest BCUT2D eigenvalue weighted by molar-refractivity contribution is 0.0992. The van der Waals surface area contributed by atoms with E-state index in [9.17, 15) is 9.18 Å². The normalized spacial score (nSPS) is 10.1. The van der Waals surface area contributed by atoms with Gasteiger partial charge in [-0.1, -0.05) is 6.07 Å². The number of pyridine rings is 1. The van der Waals surface area contributed by atoms with Crippen molar-refractivity contribution in [1.82, 2.24) is 4.98 Å². The van der Waals surface area contributed by atoms with Gasteiger partial charge in [-0.2, -0.15) is 0 Å². The van der Waals surface area contributed by atoms with Gasteiger partial charge in [0, 0.05) is 18.8 Å². The lowest BCUT2D eigenvalue weighted by atomic mass is 10.1. The van der Waals surface area contributed by atoms with E-state index in [1.165, 1.54) is 17.0 Å². The Morgan fingerprint density at radius 3 is 2.72 bits per heavy atom. The molecular weight excluding hydrogens is 233 g/mol. The van der Waals surface area contributed by atoms with Crippen LogP contribution >= 0.6 is 0 Å².